The van der Waals surface area contributed by atoms with E-state index in [1.807, 2.05) is 0 Å². The molecule has 0 radical (unpaired) electrons. The Morgan fingerprint density at radius 2 is 2.14 bits per heavy atom. The molecule has 2 rings (SSSR count). The highest BCUT2D eigenvalue weighted by Gasteiger charge is 2.40. The number of carbonyl (C=O) groups is 1. The minimum atomic E-state index is -3.78. The number of allylic oxidation sites excluding steroid dienone is 2. The summed E-state index contributed by atoms with van der Waals surface area (Å²) in [5.41, 5.74) is 6.61. The number of nitrogens with zero attached hydrogens (tertiary/aromatic N) is 3. The lowest BCUT2D eigenvalue weighted by Crippen LogP contribution is -2.48. The van der Waals surface area contributed by atoms with E-state index in [1.54, 1.807) is 13.8 Å². The number of hydrogen-bond acceptors (Lipinski definition) is 5. The van der Waals surface area contributed by atoms with Crippen molar-refractivity contribution >= 4 is 21.9 Å². The highest BCUT2D eigenvalue weighted by atomic mass is 32.2. The topological polar surface area (TPSA) is 116 Å². The summed E-state index contributed by atoms with van der Waals surface area (Å²) in [7, 11) is -3.78. The molecule has 9 heteroatoms. The third-order valence-corrected chi connectivity index (χ3v) is 5.47. The molecule has 1 aliphatic carbocycles. The average molecular weight is 314 g/mol. The molecule has 1 aliphatic heterocycles. The van der Waals surface area contributed by atoms with Gasteiger partial charge in [0.05, 0.1) is 11.4 Å². The maximum absolute atomic E-state index is 12.6. The largest absolute Gasteiger partial charge is 0.478 e. The molecule has 0 fully saturated rings. The molecule has 0 saturated heterocycles. The number of aliphatic carboxylic acids is 1. The molecule has 21 heavy (non-hydrogen) atoms. The number of carboxylic acid groups (broad SMARTS) is 1. The average Bonchev–Trinajstić information content (AvgIpc) is 2.74. The van der Waals surface area contributed by atoms with Crippen LogP contribution >= 0.6 is 0 Å². The maximum Gasteiger partial charge on any atom is 0.331 e. The van der Waals surface area contributed by atoms with E-state index in [9.17, 15) is 13.2 Å². The molecule has 0 amide bonds. The van der Waals surface area contributed by atoms with Crippen LogP contribution in [0.3, 0.4) is 0 Å². The van der Waals surface area contributed by atoms with Crippen molar-refractivity contribution in [3.8, 4) is 0 Å². The molecular formula is C12H18N4O4S. The quantitative estimate of drug-likeness (QED) is 0.733. The van der Waals surface area contributed by atoms with E-state index in [0.717, 1.165) is 4.31 Å². The number of carboxylic acids is 1. The Morgan fingerprint density at radius 1 is 1.52 bits per heavy atom. The highest BCUT2D eigenvalue weighted by Crippen LogP contribution is 2.29. The molecule has 1 unspecified atom stereocenters. The molecule has 3 N–H and O–H groups in total. The fourth-order valence-corrected chi connectivity index (χ4v) is 3.98. The summed E-state index contributed by atoms with van der Waals surface area (Å²) in [5.74, 6) is -1.05. The summed E-state index contributed by atoms with van der Waals surface area (Å²) in [5, 5.41) is 8.99. The van der Waals surface area contributed by atoms with Crippen LogP contribution in [0, 0.1) is 0 Å². The normalized spacial score (nSPS) is 21.8. The van der Waals surface area contributed by atoms with Crippen LogP contribution in [0.5, 0.6) is 0 Å². The van der Waals surface area contributed by atoms with Crippen molar-refractivity contribution < 1.29 is 18.3 Å². The van der Waals surface area contributed by atoms with E-state index in [1.165, 1.54) is 16.5 Å². The van der Waals surface area contributed by atoms with Crippen LogP contribution in [0.4, 0.5) is 0 Å². The Labute approximate surface area is 123 Å². The predicted molar refractivity (Wildman–Crippen MR) is 77.5 cm³/mol. The van der Waals surface area contributed by atoms with Crippen LogP contribution < -0.4 is 5.73 Å². The van der Waals surface area contributed by atoms with Crippen LogP contribution in [0.15, 0.2) is 28.4 Å². The molecule has 0 aromatic carbocycles. The molecule has 8 nitrogen and oxygen atoms in total. The Bertz CT molecular complexity index is 646. The third kappa shape index (κ3) is 2.59. The summed E-state index contributed by atoms with van der Waals surface area (Å²) in [6.45, 7) is 4.12. The van der Waals surface area contributed by atoms with Crippen LogP contribution in [0.1, 0.15) is 20.3 Å². The summed E-state index contributed by atoms with van der Waals surface area (Å²) in [4.78, 5) is 15.0. The number of nitrogens with two attached hydrogens (primary N) is 1. The molecular weight excluding hydrogens is 296 g/mol. The third-order valence-electron chi connectivity index (χ3n) is 3.39. The smallest absolute Gasteiger partial charge is 0.331 e. The van der Waals surface area contributed by atoms with Gasteiger partial charge < -0.3 is 5.11 Å². The van der Waals surface area contributed by atoms with Crippen molar-refractivity contribution in [2.45, 2.75) is 26.6 Å². The zero-order chi connectivity index (χ0) is 15.8. The fourth-order valence-electron chi connectivity index (χ4n) is 2.34. The molecule has 0 aromatic rings. The second-order valence-electron chi connectivity index (χ2n) is 4.58. The summed E-state index contributed by atoms with van der Waals surface area (Å²) in [6.07, 6.45) is 1.98. The molecule has 0 spiro atoms. The first-order valence-electron chi connectivity index (χ1n) is 6.60. The van der Waals surface area contributed by atoms with E-state index in [4.69, 9.17) is 10.8 Å². The van der Waals surface area contributed by atoms with Crippen molar-refractivity contribution in [3.63, 3.8) is 0 Å². The fraction of sp³-hybridized carbons (Fsp3) is 0.500. The molecule has 0 saturated carbocycles. The molecule has 1 atom stereocenters. The molecule has 2 aliphatic rings. The van der Waals surface area contributed by atoms with Crippen LogP contribution in [0.2, 0.25) is 0 Å². The molecule has 0 aromatic heterocycles. The van der Waals surface area contributed by atoms with Gasteiger partial charge in [0.25, 0.3) is 0 Å². The van der Waals surface area contributed by atoms with Gasteiger partial charge in [-0.25, -0.2) is 14.1 Å². The van der Waals surface area contributed by atoms with E-state index in [-0.39, 0.29) is 12.0 Å². The number of hydrogen-bond donors (Lipinski definition) is 2. The first-order chi connectivity index (χ1) is 9.82. The van der Waals surface area contributed by atoms with Crippen molar-refractivity contribution in [2.75, 3.05) is 13.1 Å². The first kappa shape index (κ1) is 15.7. The highest BCUT2D eigenvalue weighted by molar-refractivity contribution is 7.87. The second-order valence-corrected chi connectivity index (χ2v) is 6.39. The summed E-state index contributed by atoms with van der Waals surface area (Å²) >= 11 is 0. The van der Waals surface area contributed by atoms with E-state index < -0.39 is 22.5 Å². The predicted octanol–water partition coefficient (Wildman–Crippen LogP) is -0.129. The van der Waals surface area contributed by atoms with Crippen molar-refractivity contribution in [3.05, 3.63) is 23.4 Å². The Kier molecular flexibility index (Phi) is 4.17. The molecule has 0 bridgehead atoms. The molecule has 116 valence electrons. The van der Waals surface area contributed by atoms with Gasteiger partial charge in [0, 0.05) is 18.7 Å². The minimum Gasteiger partial charge on any atom is -0.478 e. The van der Waals surface area contributed by atoms with Gasteiger partial charge in [0.2, 0.25) is 0 Å². The van der Waals surface area contributed by atoms with Crippen LogP contribution in [-0.4, -0.2) is 53.2 Å². The van der Waals surface area contributed by atoms with Gasteiger partial charge in [-0.05, 0) is 12.5 Å². The van der Waals surface area contributed by atoms with Gasteiger partial charge in [0.1, 0.15) is 0 Å². The van der Waals surface area contributed by atoms with Gasteiger partial charge in [-0.15, -0.1) is 0 Å². The van der Waals surface area contributed by atoms with Gasteiger partial charge >= 0.3 is 16.2 Å². The standard InChI is InChI=1S/C12H18N4O4S/c1-3-15(4-2)21(19,20)16-10-6-5-8(11(17)18)7-9(10)14-12(16)13/h6-7,12H,3-5,13H2,1-2H3,(H,17,18). The van der Waals surface area contributed by atoms with Gasteiger partial charge in [0.15, 0.2) is 6.29 Å². The zero-order valence-electron chi connectivity index (χ0n) is 11.9. The lowest BCUT2D eigenvalue weighted by Gasteiger charge is -2.30. The first-order valence-corrected chi connectivity index (χ1v) is 7.99. The van der Waals surface area contributed by atoms with Gasteiger partial charge in [-0.1, -0.05) is 19.9 Å². The van der Waals surface area contributed by atoms with E-state index in [2.05, 4.69) is 4.99 Å². The zero-order valence-corrected chi connectivity index (χ0v) is 12.7. The summed E-state index contributed by atoms with van der Waals surface area (Å²) in [6, 6.07) is 0. The lowest BCUT2D eigenvalue weighted by molar-refractivity contribution is -0.132. The number of fused-ring (bicyclic) bond motifs is 1. The number of aliphatic imine (C=N–C) groups is 1. The SMILES string of the molecule is CCN(CC)S(=O)(=O)N1C2=CCC(C(=O)O)=CC2=NC1N. The van der Waals surface area contributed by atoms with Crippen molar-refractivity contribution in [1.82, 2.24) is 8.61 Å². The van der Waals surface area contributed by atoms with Gasteiger partial charge in [-0.2, -0.15) is 12.7 Å². The lowest BCUT2D eigenvalue weighted by atomic mass is 10.0. The Hall–Kier alpha value is -1.71. The van der Waals surface area contributed by atoms with Crippen molar-refractivity contribution in [2.24, 2.45) is 10.7 Å². The maximum atomic E-state index is 12.6. The molecule has 1 heterocycles. The van der Waals surface area contributed by atoms with Gasteiger partial charge in [-0.3, -0.25) is 5.73 Å². The van der Waals surface area contributed by atoms with E-state index in [0.29, 0.717) is 24.5 Å². The van der Waals surface area contributed by atoms with E-state index >= 15 is 0 Å². The van der Waals surface area contributed by atoms with Crippen LogP contribution in [-0.2, 0) is 15.0 Å². The summed E-state index contributed by atoms with van der Waals surface area (Å²) < 4.78 is 27.5. The minimum absolute atomic E-state index is 0.140. The second kappa shape index (κ2) is 5.58. The number of rotatable bonds is 5. The van der Waals surface area contributed by atoms with Crippen LogP contribution in [0.25, 0.3) is 0 Å². The Balaban J connectivity index is 2.38. The monoisotopic (exact) mass is 314 g/mol. The Morgan fingerprint density at radius 3 is 2.67 bits per heavy atom. The van der Waals surface area contributed by atoms with Crippen molar-refractivity contribution in [1.29, 1.82) is 0 Å².